The van der Waals surface area contributed by atoms with E-state index >= 15 is 0 Å². The molecule has 0 radical (unpaired) electrons. The van der Waals surface area contributed by atoms with E-state index in [0.717, 1.165) is 11.8 Å². The van der Waals surface area contributed by atoms with Gasteiger partial charge in [0.1, 0.15) is 11.5 Å². The van der Waals surface area contributed by atoms with Crippen molar-refractivity contribution in [1.82, 2.24) is 41.1 Å². The Hall–Kier alpha value is -3.57. The Morgan fingerprint density at radius 3 is 3.03 bits per heavy atom. The van der Waals surface area contributed by atoms with Crippen molar-refractivity contribution in [2.45, 2.75) is 19.3 Å². The zero-order valence-electron chi connectivity index (χ0n) is 15.8. The number of hydrogen-bond acceptors (Lipinski definition) is 10. The molecule has 0 bridgehead atoms. The van der Waals surface area contributed by atoms with Crippen molar-refractivity contribution in [3.63, 3.8) is 0 Å². The maximum atomic E-state index is 13.3. The fourth-order valence-corrected chi connectivity index (χ4v) is 3.08. The van der Waals surface area contributed by atoms with Gasteiger partial charge in [0.25, 0.3) is 0 Å². The van der Waals surface area contributed by atoms with E-state index in [0.29, 0.717) is 18.7 Å². The minimum absolute atomic E-state index is 0.0650. The van der Waals surface area contributed by atoms with Gasteiger partial charge in [-0.1, -0.05) is 16.8 Å². The van der Waals surface area contributed by atoms with Crippen LogP contribution < -0.4 is 10.8 Å². The second kappa shape index (κ2) is 9.06. The number of nitriles is 1. The molecule has 12 nitrogen and oxygen atoms in total. The van der Waals surface area contributed by atoms with Crippen LogP contribution >= 0.6 is 11.6 Å². The molecule has 0 amide bonds. The first-order valence-electron chi connectivity index (χ1n) is 9.02. The van der Waals surface area contributed by atoms with Crippen LogP contribution in [0.4, 0.5) is 10.1 Å². The lowest BCUT2D eigenvalue weighted by Crippen LogP contribution is -2.26. The molecule has 2 aromatic heterocycles. The SMILES string of the molecule is N#CN1C(NCc2nonc2C(=Nc2ccc(F)c(Cl)c2)NO)N1CCc1cnc[nH]1. The molecular weight excluding hydrogens is 431 g/mol. The summed E-state index contributed by atoms with van der Waals surface area (Å²) in [6.07, 6.45) is 5.78. The van der Waals surface area contributed by atoms with Crippen molar-refractivity contribution >= 4 is 23.1 Å². The number of hydrogen-bond donors (Lipinski definition) is 4. The zero-order chi connectivity index (χ0) is 21.8. The predicted molar refractivity (Wildman–Crippen MR) is 104 cm³/mol. The van der Waals surface area contributed by atoms with Crippen molar-refractivity contribution in [3.8, 4) is 6.19 Å². The third kappa shape index (κ3) is 4.62. The lowest BCUT2D eigenvalue weighted by Gasteiger charge is -2.04. The van der Waals surface area contributed by atoms with Crippen LogP contribution in [0.15, 0.2) is 40.3 Å². The van der Waals surface area contributed by atoms with Crippen LogP contribution in [0.1, 0.15) is 17.1 Å². The topological polar surface area (TPSA) is 154 Å². The fourth-order valence-electron chi connectivity index (χ4n) is 2.90. The maximum Gasteiger partial charge on any atom is 0.198 e. The number of nitrogens with zero attached hydrogens (tertiary/aromatic N) is 7. The molecule has 31 heavy (non-hydrogen) atoms. The minimum atomic E-state index is -0.587. The maximum absolute atomic E-state index is 13.3. The van der Waals surface area contributed by atoms with E-state index in [-0.39, 0.29) is 35.1 Å². The molecule has 0 saturated carbocycles. The van der Waals surface area contributed by atoms with Crippen LogP contribution in [0, 0.1) is 17.3 Å². The van der Waals surface area contributed by atoms with Crippen molar-refractivity contribution in [1.29, 1.82) is 5.26 Å². The molecule has 3 heterocycles. The quantitative estimate of drug-likeness (QED) is 0.131. The number of H-pyrrole nitrogens is 1. The summed E-state index contributed by atoms with van der Waals surface area (Å²) in [5, 5.41) is 32.7. The minimum Gasteiger partial charge on any atom is -0.348 e. The Balaban J connectivity index is 1.41. The molecule has 1 aliphatic rings. The Kier molecular flexibility index (Phi) is 6.05. The second-order valence-corrected chi connectivity index (χ2v) is 6.83. The molecule has 1 saturated heterocycles. The number of aliphatic imine (C=N–C) groups is 1. The van der Waals surface area contributed by atoms with Gasteiger partial charge in [-0.05, 0) is 23.4 Å². The summed E-state index contributed by atoms with van der Waals surface area (Å²) in [5.41, 5.74) is 3.66. The number of hydrazine groups is 1. The Labute approximate surface area is 179 Å². The number of nitrogens with one attached hydrogen (secondary N) is 3. The van der Waals surface area contributed by atoms with Crippen LogP contribution in [-0.2, 0) is 13.0 Å². The molecule has 0 spiro atoms. The molecule has 1 fully saturated rings. The first-order valence-corrected chi connectivity index (χ1v) is 9.40. The average molecular weight is 447 g/mol. The molecule has 4 rings (SSSR count). The monoisotopic (exact) mass is 446 g/mol. The Morgan fingerprint density at radius 1 is 1.45 bits per heavy atom. The number of imidazole rings is 1. The highest BCUT2D eigenvalue weighted by molar-refractivity contribution is 6.31. The van der Waals surface area contributed by atoms with E-state index in [1.54, 1.807) is 12.5 Å². The van der Waals surface area contributed by atoms with E-state index in [1.165, 1.54) is 17.1 Å². The molecule has 0 aliphatic carbocycles. The lowest BCUT2D eigenvalue weighted by atomic mass is 10.2. The first kappa shape index (κ1) is 20.7. The largest absolute Gasteiger partial charge is 0.348 e. The second-order valence-electron chi connectivity index (χ2n) is 6.42. The number of aromatic nitrogens is 4. The van der Waals surface area contributed by atoms with Gasteiger partial charge in [-0.2, -0.15) is 10.3 Å². The van der Waals surface area contributed by atoms with Crippen molar-refractivity contribution in [2.24, 2.45) is 4.99 Å². The number of amidine groups is 1. The van der Waals surface area contributed by atoms with Gasteiger partial charge in [0, 0.05) is 31.4 Å². The molecule has 14 heteroatoms. The summed E-state index contributed by atoms with van der Waals surface area (Å²) < 4.78 is 18.1. The summed E-state index contributed by atoms with van der Waals surface area (Å²) in [5.74, 6) is -0.652. The fraction of sp³-hybridized carbons (Fsp3) is 0.235. The molecule has 3 aromatic rings. The molecule has 2 atom stereocenters. The molecule has 1 aromatic carbocycles. The molecular formula is C17H16ClFN10O2. The van der Waals surface area contributed by atoms with Gasteiger partial charge in [-0.3, -0.25) is 16.0 Å². The zero-order valence-corrected chi connectivity index (χ0v) is 16.6. The highest BCUT2D eigenvalue weighted by Crippen LogP contribution is 2.24. The van der Waals surface area contributed by atoms with Crippen molar-refractivity contribution in [3.05, 3.63) is 58.6 Å². The van der Waals surface area contributed by atoms with Crippen LogP contribution in [0.2, 0.25) is 5.02 Å². The van der Waals surface area contributed by atoms with E-state index in [4.69, 9.17) is 16.2 Å². The smallest absolute Gasteiger partial charge is 0.198 e. The van der Waals surface area contributed by atoms with Gasteiger partial charge in [0.05, 0.1) is 17.0 Å². The molecule has 160 valence electrons. The standard InChI is InChI=1S/C17H16ClFN10O2/c18-12-5-10(1-2-13(12)19)24-16(25-30)15-14(26-31-27-15)7-22-17-28(29(17)8-20)4-3-11-6-21-9-23-11/h1-2,5-6,9,17,22,30H,3-4,7H2,(H,21,23)(H,24,25). The Morgan fingerprint density at radius 2 is 2.32 bits per heavy atom. The van der Waals surface area contributed by atoms with Crippen molar-refractivity contribution in [2.75, 3.05) is 6.54 Å². The predicted octanol–water partition coefficient (Wildman–Crippen LogP) is 1.27. The third-order valence-electron chi connectivity index (χ3n) is 4.49. The number of rotatable bonds is 8. The average Bonchev–Trinajstić information content (AvgIpc) is 3.13. The number of hydroxylamine groups is 1. The van der Waals surface area contributed by atoms with Crippen LogP contribution in [0.5, 0.6) is 0 Å². The summed E-state index contributed by atoms with van der Waals surface area (Å²) in [7, 11) is 0. The van der Waals surface area contributed by atoms with Gasteiger partial charge in [0.15, 0.2) is 24.0 Å². The molecule has 4 N–H and O–H groups in total. The van der Waals surface area contributed by atoms with Gasteiger partial charge in [-0.15, -0.1) is 0 Å². The van der Waals surface area contributed by atoms with Crippen LogP contribution in [0.25, 0.3) is 0 Å². The highest BCUT2D eigenvalue weighted by atomic mass is 35.5. The summed E-state index contributed by atoms with van der Waals surface area (Å²) in [6.45, 7) is 0.778. The first-order chi connectivity index (χ1) is 15.1. The van der Waals surface area contributed by atoms with Gasteiger partial charge < -0.3 is 4.98 Å². The molecule has 1 aliphatic heterocycles. The highest BCUT2D eigenvalue weighted by Gasteiger charge is 2.44. The normalized spacial score (nSPS) is 18.1. The number of aromatic amines is 1. The van der Waals surface area contributed by atoms with E-state index in [9.17, 15) is 14.9 Å². The van der Waals surface area contributed by atoms with E-state index < -0.39 is 5.82 Å². The van der Waals surface area contributed by atoms with Crippen LogP contribution in [-0.4, -0.2) is 54.2 Å². The van der Waals surface area contributed by atoms with Gasteiger partial charge >= 0.3 is 0 Å². The lowest BCUT2D eigenvalue weighted by molar-refractivity contribution is 0.234. The van der Waals surface area contributed by atoms with Gasteiger partial charge in [0.2, 0.25) is 0 Å². The van der Waals surface area contributed by atoms with Gasteiger partial charge in [-0.25, -0.2) is 24.0 Å². The van der Waals surface area contributed by atoms with E-state index in [2.05, 4.69) is 36.8 Å². The molecule has 2 unspecified atom stereocenters. The summed E-state index contributed by atoms with van der Waals surface area (Å²) >= 11 is 5.76. The third-order valence-corrected chi connectivity index (χ3v) is 4.78. The van der Waals surface area contributed by atoms with E-state index in [1.807, 2.05) is 10.5 Å². The summed E-state index contributed by atoms with van der Waals surface area (Å²) in [4.78, 5) is 11.1. The summed E-state index contributed by atoms with van der Waals surface area (Å²) in [6, 6.07) is 3.84. The van der Waals surface area contributed by atoms with Crippen molar-refractivity contribution < 1.29 is 14.2 Å². The number of benzene rings is 1. The Bertz CT molecular complexity index is 1110. The number of halogens is 2. The van der Waals surface area contributed by atoms with Crippen LogP contribution in [0.3, 0.4) is 0 Å².